The molecule has 0 spiro atoms. The molecule has 14 heteroatoms. The Morgan fingerprint density at radius 2 is 1.79 bits per heavy atom. The zero-order valence-electron chi connectivity index (χ0n) is 22.3. The van der Waals surface area contributed by atoms with Crippen LogP contribution in [0.5, 0.6) is 0 Å². The van der Waals surface area contributed by atoms with Crippen molar-refractivity contribution in [3.05, 3.63) is 89.7 Å². The summed E-state index contributed by atoms with van der Waals surface area (Å²) >= 11 is 0. The lowest BCUT2D eigenvalue weighted by Gasteiger charge is -2.23. The number of nitrogens with zero attached hydrogens (tertiary/aromatic N) is 5. The number of rotatable bonds is 5. The number of alkyl halides is 3. The molecule has 1 aliphatic rings. The fourth-order valence-corrected chi connectivity index (χ4v) is 4.78. The smallest absolute Gasteiger partial charge is 0.417 e. The molecular formula is C29H23F4N7O3. The second-order valence-electron chi connectivity index (χ2n) is 9.78. The number of carbonyl (C=O) groups excluding carboxylic acids is 2. The molecule has 2 aromatic heterocycles. The fraction of sp³-hybridized carbons (Fsp3) is 0.207. The maximum Gasteiger partial charge on any atom is 0.417 e. The summed E-state index contributed by atoms with van der Waals surface area (Å²) < 4.78 is 62.2. The first-order valence-electron chi connectivity index (χ1n) is 13.2. The minimum atomic E-state index is -4.72. The third kappa shape index (κ3) is 5.76. The van der Waals surface area contributed by atoms with Crippen LogP contribution in [0.15, 0.2) is 72.8 Å². The van der Waals surface area contributed by atoms with Gasteiger partial charge >= 0.3 is 12.3 Å². The summed E-state index contributed by atoms with van der Waals surface area (Å²) in [6, 6.07) is 16.7. The van der Waals surface area contributed by atoms with Crippen LogP contribution in [0.25, 0.3) is 27.9 Å². The molecule has 43 heavy (non-hydrogen) atoms. The van der Waals surface area contributed by atoms with E-state index in [2.05, 4.69) is 25.7 Å². The minimum absolute atomic E-state index is 0.0192. The molecule has 5 aromatic rings. The van der Waals surface area contributed by atoms with Gasteiger partial charge in [0.2, 0.25) is 11.9 Å². The molecule has 0 saturated carbocycles. The average Bonchev–Trinajstić information content (AvgIpc) is 3.36. The number of hydrogen-bond donors (Lipinski definition) is 2. The second kappa shape index (κ2) is 11.2. The summed E-state index contributed by atoms with van der Waals surface area (Å²) in [5.41, 5.74) is -0.0393. The van der Waals surface area contributed by atoms with Gasteiger partial charge in [-0.2, -0.15) is 17.7 Å². The summed E-state index contributed by atoms with van der Waals surface area (Å²) in [7, 11) is 0. The number of benzene rings is 3. The van der Waals surface area contributed by atoms with Gasteiger partial charge in [0.05, 0.1) is 23.0 Å². The molecule has 0 bridgehead atoms. The topological polar surface area (TPSA) is 114 Å². The number of ether oxygens (including phenoxy) is 1. The van der Waals surface area contributed by atoms with Gasteiger partial charge in [-0.15, -0.1) is 5.10 Å². The molecular weight excluding hydrogens is 570 g/mol. The zero-order valence-corrected chi connectivity index (χ0v) is 22.3. The standard InChI is InChI=1S/C29H23F4N7O3/c30-19-11-9-18(10-12-19)24-37-25-23-20(29(31,32)33)7-4-8-21(23)35-27(40(25)38-24)36-22-15-39(14-13-34-26(22)41)28(42)43-16-17-5-2-1-3-6-17/h1-12,22H,13-16H2,(H,34,41)(H,35,36)/t22-/m1/s1. The summed E-state index contributed by atoms with van der Waals surface area (Å²) in [4.78, 5) is 36.0. The van der Waals surface area contributed by atoms with E-state index in [1.165, 1.54) is 41.3 Å². The Balaban J connectivity index is 1.37. The van der Waals surface area contributed by atoms with E-state index in [1.54, 1.807) is 0 Å². The van der Waals surface area contributed by atoms with Crippen molar-refractivity contribution in [2.45, 2.75) is 18.8 Å². The van der Waals surface area contributed by atoms with Crippen LogP contribution >= 0.6 is 0 Å². The molecule has 10 nitrogen and oxygen atoms in total. The van der Waals surface area contributed by atoms with Crippen LogP contribution in [-0.4, -0.2) is 62.2 Å². The normalized spacial score (nSPS) is 15.8. The van der Waals surface area contributed by atoms with Crippen LogP contribution in [-0.2, 0) is 22.3 Å². The number of halogens is 4. The van der Waals surface area contributed by atoms with E-state index in [-0.39, 0.29) is 54.6 Å². The Hall–Kier alpha value is -5.27. The van der Waals surface area contributed by atoms with Gasteiger partial charge in [-0.3, -0.25) is 4.79 Å². The van der Waals surface area contributed by atoms with E-state index >= 15 is 0 Å². The SMILES string of the molecule is O=C1NCCN(C(=O)OCc2ccccc2)C[C@H]1Nc1nc2cccc(C(F)(F)F)c2c2nc(-c3ccc(F)cc3)nn12. The molecule has 1 aliphatic heterocycles. The monoisotopic (exact) mass is 593 g/mol. The predicted octanol–water partition coefficient (Wildman–Crippen LogP) is 4.65. The Morgan fingerprint density at radius 3 is 2.53 bits per heavy atom. The molecule has 2 N–H and O–H groups in total. The highest BCUT2D eigenvalue weighted by molar-refractivity contribution is 5.96. The molecule has 1 saturated heterocycles. The summed E-state index contributed by atoms with van der Waals surface area (Å²) in [6.07, 6.45) is -5.36. The van der Waals surface area contributed by atoms with Gasteiger partial charge in [-0.1, -0.05) is 36.4 Å². The lowest BCUT2D eigenvalue weighted by atomic mass is 10.1. The van der Waals surface area contributed by atoms with Crippen LogP contribution in [0.2, 0.25) is 0 Å². The van der Waals surface area contributed by atoms with Crippen LogP contribution in [0.4, 0.5) is 28.3 Å². The van der Waals surface area contributed by atoms with Crippen LogP contribution in [0.3, 0.4) is 0 Å². The van der Waals surface area contributed by atoms with Gasteiger partial charge in [0.15, 0.2) is 11.5 Å². The molecule has 6 rings (SSSR count). The fourth-order valence-electron chi connectivity index (χ4n) is 4.78. The maximum atomic E-state index is 14.0. The largest absolute Gasteiger partial charge is 0.445 e. The third-order valence-electron chi connectivity index (χ3n) is 6.88. The maximum absolute atomic E-state index is 14.0. The molecule has 0 radical (unpaired) electrons. The van der Waals surface area contributed by atoms with Crippen molar-refractivity contribution in [3.8, 4) is 11.4 Å². The first-order valence-corrected chi connectivity index (χ1v) is 13.2. The van der Waals surface area contributed by atoms with Gasteiger partial charge < -0.3 is 20.3 Å². The number of nitrogens with one attached hydrogen (secondary N) is 2. The van der Waals surface area contributed by atoms with E-state index < -0.39 is 35.6 Å². The lowest BCUT2D eigenvalue weighted by molar-refractivity contribution is -0.136. The Kier molecular flexibility index (Phi) is 7.26. The van der Waals surface area contributed by atoms with E-state index in [0.717, 1.165) is 16.1 Å². The molecule has 3 aromatic carbocycles. The number of carbonyl (C=O) groups is 2. The summed E-state index contributed by atoms with van der Waals surface area (Å²) in [5.74, 6) is -1.03. The van der Waals surface area contributed by atoms with E-state index in [0.29, 0.717) is 5.56 Å². The van der Waals surface area contributed by atoms with E-state index in [9.17, 15) is 27.2 Å². The number of aromatic nitrogens is 4. The molecule has 3 heterocycles. The van der Waals surface area contributed by atoms with Gasteiger partial charge in [0.25, 0.3) is 0 Å². The highest BCUT2D eigenvalue weighted by atomic mass is 19.4. The lowest BCUT2D eigenvalue weighted by Crippen LogP contribution is -2.44. The number of anilines is 1. The third-order valence-corrected chi connectivity index (χ3v) is 6.88. The van der Waals surface area contributed by atoms with Gasteiger partial charge in [0.1, 0.15) is 18.5 Å². The van der Waals surface area contributed by atoms with Gasteiger partial charge in [-0.05, 0) is 42.0 Å². The Labute approximate surface area is 241 Å². The molecule has 220 valence electrons. The zero-order chi connectivity index (χ0) is 30.1. The van der Waals surface area contributed by atoms with Crippen molar-refractivity contribution in [3.63, 3.8) is 0 Å². The van der Waals surface area contributed by atoms with Crippen molar-refractivity contribution >= 4 is 34.5 Å². The van der Waals surface area contributed by atoms with Gasteiger partial charge in [0, 0.05) is 18.7 Å². The Morgan fingerprint density at radius 1 is 1.02 bits per heavy atom. The molecule has 0 unspecified atom stereocenters. The van der Waals surface area contributed by atoms with E-state index in [4.69, 9.17) is 4.74 Å². The quantitative estimate of drug-likeness (QED) is 0.285. The Bertz CT molecular complexity index is 1810. The second-order valence-corrected chi connectivity index (χ2v) is 9.78. The van der Waals surface area contributed by atoms with Crippen molar-refractivity contribution in [2.24, 2.45) is 0 Å². The molecule has 1 atom stereocenters. The van der Waals surface area contributed by atoms with Gasteiger partial charge in [-0.25, -0.2) is 19.2 Å². The highest BCUT2D eigenvalue weighted by Crippen LogP contribution is 2.37. The van der Waals surface area contributed by atoms with Crippen molar-refractivity contribution in [1.29, 1.82) is 0 Å². The number of hydrogen-bond acceptors (Lipinski definition) is 7. The predicted molar refractivity (Wildman–Crippen MR) is 147 cm³/mol. The highest BCUT2D eigenvalue weighted by Gasteiger charge is 2.35. The van der Waals surface area contributed by atoms with Crippen molar-refractivity contribution < 1.29 is 31.9 Å². The van der Waals surface area contributed by atoms with Crippen molar-refractivity contribution in [2.75, 3.05) is 25.0 Å². The van der Waals surface area contributed by atoms with E-state index in [1.807, 2.05) is 30.3 Å². The van der Waals surface area contributed by atoms with Crippen LogP contribution in [0, 0.1) is 5.82 Å². The summed E-state index contributed by atoms with van der Waals surface area (Å²) in [6.45, 7) is 0.244. The van der Waals surface area contributed by atoms with Crippen molar-refractivity contribution in [1.82, 2.24) is 29.8 Å². The number of amides is 2. The first kappa shape index (κ1) is 27.9. The molecule has 1 fully saturated rings. The minimum Gasteiger partial charge on any atom is -0.445 e. The number of fused-ring (bicyclic) bond motifs is 3. The first-order chi connectivity index (χ1) is 20.7. The average molecular weight is 594 g/mol. The molecule has 0 aliphatic carbocycles. The van der Waals surface area contributed by atoms with Crippen LogP contribution < -0.4 is 10.6 Å². The summed E-state index contributed by atoms with van der Waals surface area (Å²) in [5, 5.41) is 9.74. The molecule has 2 amide bonds. The van der Waals surface area contributed by atoms with Crippen LogP contribution in [0.1, 0.15) is 11.1 Å².